The zero-order valence-electron chi connectivity index (χ0n) is 9.62. The number of aliphatic hydroxyl groups is 2. The van der Waals surface area contributed by atoms with Crippen LogP contribution in [0.5, 0.6) is 0 Å². The Morgan fingerprint density at radius 3 is 2.79 bits per heavy atom. The van der Waals surface area contributed by atoms with E-state index >= 15 is 0 Å². The van der Waals surface area contributed by atoms with Crippen molar-refractivity contribution in [2.45, 2.75) is 24.6 Å². The fraction of sp³-hybridized carbons (Fsp3) is 0.455. The van der Waals surface area contributed by atoms with Gasteiger partial charge in [0.15, 0.2) is 12.4 Å². The van der Waals surface area contributed by atoms with Gasteiger partial charge < -0.3 is 14.9 Å². The first-order valence-electron chi connectivity index (χ1n) is 5.40. The van der Waals surface area contributed by atoms with Gasteiger partial charge in [-0.25, -0.2) is 9.18 Å². The van der Waals surface area contributed by atoms with Gasteiger partial charge in [0, 0.05) is 6.20 Å². The quantitative estimate of drug-likeness (QED) is 0.545. The van der Waals surface area contributed by atoms with Crippen molar-refractivity contribution in [1.82, 2.24) is 9.55 Å². The Kier molecular flexibility index (Phi) is 3.53. The topological polar surface area (TPSA) is 105 Å². The molecule has 19 heavy (non-hydrogen) atoms. The first kappa shape index (κ1) is 13.5. The van der Waals surface area contributed by atoms with E-state index in [1.54, 1.807) is 0 Å². The minimum absolute atomic E-state index is 0.169. The molecule has 1 fully saturated rings. The summed E-state index contributed by atoms with van der Waals surface area (Å²) in [4.78, 5) is 24.8. The number of aromatic nitrogens is 2. The number of aromatic amines is 1. The van der Waals surface area contributed by atoms with Gasteiger partial charge in [-0.2, -0.15) is 0 Å². The third kappa shape index (κ3) is 2.19. The van der Waals surface area contributed by atoms with Crippen LogP contribution in [0.1, 0.15) is 11.8 Å². The van der Waals surface area contributed by atoms with Gasteiger partial charge in [-0.3, -0.25) is 14.3 Å². The number of rotatable bonds is 2. The molecule has 0 aliphatic carbocycles. The predicted octanol–water partition coefficient (Wildman–Crippen LogP) is -1.89. The molecule has 1 unspecified atom stereocenters. The van der Waals surface area contributed by atoms with Crippen LogP contribution in [0.4, 0.5) is 4.39 Å². The van der Waals surface area contributed by atoms with Crippen LogP contribution in [0, 0.1) is 12.3 Å². The van der Waals surface area contributed by atoms with Crippen LogP contribution in [0.15, 0.2) is 15.8 Å². The molecule has 0 saturated carbocycles. The van der Waals surface area contributed by atoms with Gasteiger partial charge in [0.25, 0.3) is 5.56 Å². The maximum Gasteiger partial charge on any atom is 0.330 e. The van der Waals surface area contributed by atoms with Crippen LogP contribution in [0.25, 0.3) is 0 Å². The van der Waals surface area contributed by atoms with Crippen molar-refractivity contribution in [1.29, 1.82) is 0 Å². The Hall–Kier alpha value is -1.95. The Morgan fingerprint density at radius 1 is 1.58 bits per heavy atom. The third-order valence-electron chi connectivity index (χ3n) is 2.87. The number of ether oxygens (including phenoxy) is 1. The van der Waals surface area contributed by atoms with Crippen LogP contribution >= 0.6 is 0 Å². The summed E-state index contributed by atoms with van der Waals surface area (Å²) in [5.41, 5.74) is -1.85. The van der Waals surface area contributed by atoms with Gasteiger partial charge in [-0.05, 0) is 0 Å². The molecule has 7 nitrogen and oxygen atoms in total. The highest BCUT2D eigenvalue weighted by molar-refractivity contribution is 5.26. The van der Waals surface area contributed by atoms with Crippen molar-refractivity contribution in [3.63, 3.8) is 0 Å². The maximum absolute atomic E-state index is 13.8. The summed E-state index contributed by atoms with van der Waals surface area (Å²) in [6.07, 6.45) is -0.0400. The average Bonchev–Trinajstić information content (AvgIpc) is 2.67. The van der Waals surface area contributed by atoms with Crippen molar-refractivity contribution in [3.8, 4) is 12.3 Å². The summed E-state index contributed by atoms with van der Waals surface area (Å²) in [5, 5.41) is 18.4. The minimum Gasteiger partial charge on any atom is -0.394 e. The monoisotopic (exact) mass is 270 g/mol. The van der Waals surface area contributed by atoms with Gasteiger partial charge >= 0.3 is 5.69 Å². The third-order valence-corrected chi connectivity index (χ3v) is 2.87. The number of hydrogen-bond acceptors (Lipinski definition) is 5. The normalized spacial score (nSPS) is 30.2. The Balaban J connectivity index is 2.46. The SMILES string of the molecule is C#Cc1cn([C@@H]2O[C@H](CO)C(O)[C@@H]2F)c(=O)[nH]c1=O. The van der Waals surface area contributed by atoms with E-state index in [0.717, 1.165) is 10.8 Å². The lowest BCUT2D eigenvalue weighted by Gasteiger charge is -2.15. The molecule has 0 amide bonds. The average molecular weight is 270 g/mol. The molecule has 2 heterocycles. The fourth-order valence-electron chi connectivity index (χ4n) is 1.86. The van der Waals surface area contributed by atoms with E-state index in [1.165, 1.54) is 0 Å². The summed E-state index contributed by atoms with van der Waals surface area (Å²) in [5.74, 6) is 2.04. The molecule has 1 aliphatic heterocycles. The molecule has 0 radical (unpaired) electrons. The summed E-state index contributed by atoms with van der Waals surface area (Å²) >= 11 is 0. The molecule has 0 bridgehead atoms. The fourth-order valence-corrected chi connectivity index (χ4v) is 1.86. The number of halogens is 1. The molecule has 0 aromatic carbocycles. The zero-order chi connectivity index (χ0) is 14.2. The highest BCUT2D eigenvalue weighted by Crippen LogP contribution is 2.30. The van der Waals surface area contributed by atoms with Crippen molar-refractivity contribution < 1.29 is 19.3 Å². The van der Waals surface area contributed by atoms with Crippen LogP contribution in [0.3, 0.4) is 0 Å². The molecule has 3 N–H and O–H groups in total. The molecule has 102 valence electrons. The van der Waals surface area contributed by atoms with Crippen LogP contribution < -0.4 is 11.2 Å². The number of nitrogens with zero attached hydrogens (tertiary/aromatic N) is 1. The second-order valence-electron chi connectivity index (χ2n) is 4.04. The van der Waals surface area contributed by atoms with Crippen molar-refractivity contribution in [2.24, 2.45) is 0 Å². The molecule has 1 aromatic rings. The minimum atomic E-state index is -1.92. The zero-order valence-corrected chi connectivity index (χ0v) is 9.62. The first-order valence-corrected chi connectivity index (χ1v) is 5.40. The summed E-state index contributed by atoms with van der Waals surface area (Å²) in [6, 6.07) is 0. The second kappa shape index (κ2) is 4.97. The van der Waals surface area contributed by atoms with E-state index in [2.05, 4.69) is 0 Å². The standard InChI is InChI=1S/C11H11FN2O5/c1-2-5-3-14(11(18)13-9(5)17)10-7(12)8(16)6(4-15)19-10/h1,3,6-8,10,15-16H,4H2,(H,13,17,18)/t6-,7+,8?,10-/m1/s1. The number of hydrogen-bond donors (Lipinski definition) is 3. The molecule has 1 aliphatic rings. The number of aliphatic hydroxyl groups excluding tert-OH is 2. The summed E-state index contributed by atoms with van der Waals surface area (Å²) in [6.45, 7) is -0.599. The van der Waals surface area contributed by atoms with Crippen LogP contribution in [0.2, 0.25) is 0 Å². The van der Waals surface area contributed by atoms with E-state index in [4.69, 9.17) is 16.3 Å². The van der Waals surface area contributed by atoms with E-state index in [1.807, 2.05) is 10.9 Å². The molecule has 1 aromatic heterocycles. The molecule has 1 saturated heterocycles. The van der Waals surface area contributed by atoms with E-state index in [-0.39, 0.29) is 5.56 Å². The molecule has 0 spiro atoms. The largest absolute Gasteiger partial charge is 0.394 e. The number of alkyl halides is 1. The van der Waals surface area contributed by atoms with Crippen LogP contribution in [-0.4, -0.2) is 44.8 Å². The number of H-pyrrole nitrogens is 1. The smallest absolute Gasteiger partial charge is 0.330 e. The highest BCUT2D eigenvalue weighted by Gasteiger charge is 2.45. The summed E-state index contributed by atoms with van der Waals surface area (Å²) in [7, 11) is 0. The van der Waals surface area contributed by atoms with E-state index < -0.39 is 42.5 Å². The lowest BCUT2D eigenvalue weighted by molar-refractivity contribution is -0.0491. The molecular weight excluding hydrogens is 259 g/mol. The second-order valence-corrected chi connectivity index (χ2v) is 4.04. The van der Waals surface area contributed by atoms with Gasteiger partial charge in [0.05, 0.1) is 6.61 Å². The first-order chi connectivity index (χ1) is 8.99. The Bertz CT molecular complexity index is 631. The highest BCUT2D eigenvalue weighted by atomic mass is 19.1. The molecule has 8 heteroatoms. The van der Waals surface area contributed by atoms with E-state index in [0.29, 0.717) is 0 Å². The van der Waals surface area contributed by atoms with Gasteiger partial charge in [-0.15, -0.1) is 6.42 Å². The molecule has 2 rings (SSSR count). The van der Waals surface area contributed by atoms with Crippen LogP contribution in [-0.2, 0) is 4.74 Å². The van der Waals surface area contributed by atoms with Gasteiger partial charge in [-0.1, -0.05) is 5.92 Å². The Morgan fingerprint density at radius 2 is 2.26 bits per heavy atom. The van der Waals surface area contributed by atoms with Gasteiger partial charge in [0.2, 0.25) is 0 Å². The maximum atomic E-state index is 13.8. The lowest BCUT2D eigenvalue weighted by atomic mass is 10.1. The summed E-state index contributed by atoms with van der Waals surface area (Å²) < 4.78 is 19.6. The Labute approximate surface area is 106 Å². The molecular formula is C11H11FN2O5. The predicted molar refractivity (Wildman–Crippen MR) is 61.2 cm³/mol. The van der Waals surface area contributed by atoms with Crippen molar-refractivity contribution >= 4 is 0 Å². The van der Waals surface area contributed by atoms with Crippen molar-refractivity contribution in [3.05, 3.63) is 32.6 Å². The number of terminal acetylenes is 1. The van der Waals surface area contributed by atoms with E-state index in [9.17, 15) is 19.1 Å². The molecule has 4 atom stereocenters. The lowest BCUT2D eigenvalue weighted by Crippen LogP contribution is -2.37. The van der Waals surface area contributed by atoms with Gasteiger partial charge in [0.1, 0.15) is 17.8 Å². The number of nitrogens with one attached hydrogen (secondary N) is 1. The van der Waals surface area contributed by atoms with Crippen molar-refractivity contribution in [2.75, 3.05) is 6.61 Å².